The third-order valence-electron chi connectivity index (χ3n) is 12.0. The number of aryl methyl sites for hydroxylation is 5. The van der Waals surface area contributed by atoms with Crippen LogP contribution in [-0.2, 0) is 26.5 Å². The molecule has 2 aromatic carbocycles. The molecule has 0 radical (unpaired) electrons. The molecule has 0 saturated carbocycles. The fraction of sp³-hybridized carbons (Fsp3) is 0.692. The van der Waals surface area contributed by atoms with E-state index in [4.69, 9.17) is 0 Å². The van der Waals surface area contributed by atoms with Gasteiger partial charge in [-0.1, -0.05) is 42.7 Å². The zero-order valence-corrected chi connectivity index (χ0v) is 32.9. The monoisotopic (exact) mass is 727 g/mol. The standard InChI is InChI=1S/C39H61N5O4S2/c1-30-26-31(2)38(32(3)27-30)50(47,48)44-24-22-42(23-25-44)36-11-18-40(19-12-36)17-10-35-28-33(4)39(34(5)29-35)49(45,46)43-20-13-37(14-21-43)41-15-8-6-7-9-16-41/h26-29,36-37H,6-25H2,1-5H3. The highest BCUT2D eigenvalue weighted by Gasteiger charge is 2.35. The van der Waals surface area contributed by atoms with Crippen molar-refractivity contribution in [2.75, 3.05) is 72.0 Å². The second kappa shape index (κ2) is 16.0. The smallest absolute Gasteiger partial charge is 0.243 e. The van der Waals surface area contributed by atoms with Gasteiger partial charge in [0.2, 0.25) is 20.0 Å². The summed E-state index contributed by atoms with van der Waals surface area (Å²) in [6.45, 7) is 18.9. The van der Waals surface area contributed by atoms with E-state index in [0.717, 1.165) is 106 Å². The van der Waals surface area contributed by atoms with Gasteiger partial charge in [-0.15, -0.1) is 0 Å². The summed E-state index contributed by atoms with van der Waals surface area (Å²) in [5.41, 5.74) is 5.69. The third kappa shape index (κ3) is 8.35. The molecule has 4 fully saturated rings. The molecule has 0 atom stereocenters. The first-order valence-electron chi connectivity index (χ1n) is 19.2. The number of piperazine rings is 1. The molecule has 0 aliphatic carbocycles. The Kier molecular flexibility index (Phi) is 12.1. The van der Waals surface area contributed by atoms with Crippen LogP contribution in [0.5, 0.6) is 0 Å². The first-order chi connectivity index (χ1) is 23.8. The molecule has 0 N–H and O–H groups in total. The molecule has 6 rings (SSSR count). The van der Waals surface area contributed by atoms with Crippen LogP contribution in [0.15, 0.2) is 34.1 Å². The molecule has 278 valence electrons. The Labute approximate surface area is 303 Å². The number of piperidine rings is 2. The first kappa shape index (κ1) is 37.9. The molecule has 4 aliphatic rings. The lowest BCUT2D eigenvalue weighted by atomic mass is 10.0. The molecular formula is C39H61N5O4S2. The predicted octanol–water partition coefficient (Wildman–Crippen LogP) is 5.27. The van der Waals surface area contributed by atoms with Crippen LogP contribution in [0.3, 0.4) is 0 Å². The minimum absolute atomic E-state index is 0.477. The lowest BCUT2D eigenvalue weighted by Crippen LogP contribution is -2.54. The molecule has 0 unspecified atom stereocenters. The molecule has 50 heavy (non-hydrogen) atoms. The number of nitrogens with zero attached hydrogens (tertiary/aromatic N) is 5. The lowest BCUT2D eigenvalue weighted by Gasteiger charge is -2.42. The highest BCUT2D eigenvalue weighted by molar-refractivity contribution is 7.89. The van der Waals surface area contributed by atoms with Crippen molar-refractivity contribution in [2.24, 2.45) is 0 Å². The van der Waals surface area contributed by atoms with E-state index >= 15 is 0 Å². The minimum Gasteiger partial charge on any atom is -0.303 e. The van der Waals surface area contributed by atoms with Crippen LogP contribution in [0, 0.1) is 34.6 Å². The molecule has 9 nitrogen and oxygen atoms in total. The Morgan fingerprint density at radius 2 is 0.940 bits per heavy atom. The van der Waals surface area contributed by atoms with Crippen LogP contribution in [0.2, 0.25) is 0 Å². The molecule has 0 aromatic heterocycles. The number of rotatable bonds is 9. The zero-order chi connectivity index (χ0) is 35.6. The molecular weight excluding hydrogens is 667 g/mol. The van der Waals surface area contributed by atoms with E-state index in [1.165, 1.54) is 31.2 Å². The molecule has 4 aliphatic heterocycles. The second-order valence-corrected chi connectivity index (χ2v) is 19.4. The van der Waals surface area contributed by atoms with Gasteiger partial charge < -0.3 is 9.80 Å². The van der Waals surface area contributed by atoms with Crippen molar-refractivity contribution in [1.82, 2.24) is 23.3 Å². The van der Waals surface area contributed by atoms with Crippen molar-refractivity contribution >= 4 is 20.0 Å². The summed E-state index contributed by atoms with van der Waals surface area (Å²) in [5, 5.41) is 0. The second-order valence-electron chi connectivity index (χ2n) is 15.6. The van der Waals surface area contributed by atoms with Crippen LogP contribution in [0.4, 0.5) is 0 Å². The van der Waals surface area contributed by atoms with Gasteiger partial charge in [0.05, 0.1) is 9.79 Å². The summed E-state index contributed by atoms with van der Waals surface area (Å²) >= 11 is 0. The topological polar surface area (TPSA) is 84.5 Å². The summed E-state index contributed by atoms with van der Waals surface area (Å²) in [4.78, 5) is 8.64. The lowest BCUT2D eigenvalue weighted by molar-refractivity contribution is 0.0814. The maximum Gasteiger partial charge on any atom is 0.243 e. The van der Waals surface area contributed by atoms with E-state index in [1.54, 1.807) is 8.61 Å². The summed E-state index contributed by atoms with van der Waals surface area (Å²) in [5.74, 6) is 0. The van der Waals surface area contributed by atoms with Crippen molar-refractivity contribution in [3.8, 4) is 0 Å². The SMILES string of the molecule is Cc1cc(C)c(S(=O)(=O)N2CCN(C3CCN(CCc4cc(C)c(S(=O)(=O)N5CCC(N6CCCCCC6)CC5)c(C)c4)CC3)CC2)c(C)c1. The van der Waals surface area contributed by atoms with Crippen molar-refractivity contribution < 1.29 is 16.8 Å². The average molecular weight is 728 g/mol. The molecule has 0 spiro atoms. The first-order valence-corrected chi connectivity index (χ1v) is 22.1. The van der Waals surface area contributed by atoms with Gasteiger partial charge in [-0.25, -0.2) is 16.8 Å². The fourth-order valence-electron chi connectivity index (χ4n) is 9.44. The van der Waals surface area contributed by atoms with E-state index < -0.39 is 20.0 Å². The Hall–Kier alpha value is -1.86. The Bertz CT molecular complexity index is 1650. The summed E-state index contributed by atoms with van der Waals surface area (Å²) in [6.07, 6.45) is 10.1. The van der Waals surface area contributed by atoms with Crippen LogP contribution >= 0.6 is 0 Å². The number of hydrogen-bond acceptors (Lipinski definition) is 7. The number of benzene rings is 2. The van der Waals surface area contributed by atoms with Crippen molar-refractivity contribution in [2.45, 2.75) is 114 Å². The summed E-state index contributed by atoms with van der Waals surface area (Å²) in [7, 11) is -7.03. The number of sulfonamides is 2. The molecule has 2 aromatic rings. The van der Waals surface area contributed by atoms with Crippen molar-refractivity contribution in [1.29, 1.82) is 0 Å². The largest absolute Gasteiger partial charge is 0.303 e. The van der Waals surface area contributed by atoms with Gasteiger partial charge in [0.25, 0.3) is 0 Å². The number of hydrogen-bond donors (Lipinski definition) is 0. The van der Waals surface area contributed by atoms with Gasteiger partial charge in [-0.3, -0.25) is 4.90 Å². The van der Waals surface area contributed by atoms with Crippen molar-refractivity contribution in [3.63, 3.8) is 0 Å². The van der Waals surface area contributed by atoms with Crippen LogP contribution in [0.25, 0.3) is 0 Å². The average Bonchev–Trinajstić information content (AvgIpc) is 3.37. The molecule has 4 heterocycles. The fourth-order valence-corrected chi connectivity index (χ4v) is 13.2. The van der Waals surface area contributed by atoms with Crippen LogP contribution < -0.4 is 0 Å². The van der Waals surface area contributed by atoms with Gasteiger partial charge in [-0.05, 0) is 134 Å². The maximum atomic E-state index is 13.9. The van der Waals surface area contributed by atoms with Gasteiger partial charge in [0, 0.05) is 57.9 Å². The number of likely N-dealkylation sites (tertiary alicyclic amines) is 2. The maximum absolute atomic E-state index is 13.9. The van der Waals surface area contributed by atoms with Gasteiger partial charge >= 0.3 is 0 Å². The van der Waals surface area contributed by atoms with E-state index in [0.29, 0.717) is 48.1 Å². The normalized spacial score (nSPS) is 22.6. The van der Waals surface area contributed by atoms with E-state index in [1.807, 2.05) is 46.8 Å². The third-order valence-corrected chi connectivity index (χ3v) is 16.4. The Balaban J connectivity index is 0.970. The molecule has 11 heteroatoms. The van der Waals surface area contributed by atoms with E-state index in [9.17, 15) is 16.8 Å². The van der Waals surface area contributed by atoms with Gasteiger partial charge in [0.15, 0.2) is 0 Å². The summed E-state index contributed by atoms with van der Waals surface area (Å²) < 4.78 is 58.3. The van der Waals surface area contributed by atoms with Crippen LogP contribution in [0.1, 0.15) is 84.7 Å². The zero-order valence-electron chi connectivity index (χ0n) is 31.3. The van der Waals surface area contributed by atoms with E-state index in [-0.39, 0.29) is 0 Å². The minimum atomic E-state index is -3.52. The summed E-state index contributed by atoms with van der Waals surface area (Å²) in [6, 6.07) is 9.14. The van der Waals surface area contributed by atoms with Gasteiger partial charge in [0.1, 0.15) is 0 Å². The predicted molar refractivity (Wildman–Crippen MR) is 202 cm³/mol. The quantitative estimate of drug-likeness (QED) is 0.348. The molecule has 0 bridgehead atoms. The molecule has 4 saturated heterocycles. The molecule has 0 amide bonds. The highest BCUT2D eigenvalue weighted by Crippen LogP contribution is 2.31. The Morgan fingerprint density at radius 1 is 0.520 bits per heavy atom. The van der Waals surface area contributed by atoms with Crippen molar-refractivity contribution in [3.05, 3.63) is 57.6 Å². The van der Waals surface area contributed by atoms with Gasteiger partial charge in [-0.2, -0.15) is 8.61 Å². The van der Waals surface area contributed by atoms with Crippen LogP contribution in [-0.4, -0.2) is 124 Å². The highest BCUT2D eigenvalue weighted by atomic mass is 32.2. The van der Waals surface area contributed by atoms with E-state index in [2.05, 4.69) is 26.8 Å². The Morgan fingerprint density at radius 3 is 1.44 bits per heavy atom.